The molecule has 106 valence electrons. The van der Waals surface area contributed by atoms with Crippen molar-refractivity contribution in [1.29, 1.82) is 0 Å². The lowest BCUT2D eigenvalue weighted by Gasteiger charge is -2.07. The average molecular weight is 264 g/mol. The highest BCUT2D eigenvalue weighted by atomic mass is 16.5. The molecule has 0 bridgehead atoms. The van der Waals surface area contributed by atoms with Crippen molar-refractivity contribution in [2.24, 2.45) is 0 Å². The van der Waals surface area contributed by atoms with E-state index in [1.807, 2.05) is 24.3 Å². The largest absolute Gasteiger partial charge is 0.494 e. The van der Waals surface area contributed by atoms with Crippen LogP contribution in [0.5, 0.6) is 11.5 Å². The molecule has 0 spiro atoms. The van der Waals surface area contributed by atoms with Crippen LogP contribution in [-0.4, -0.2) is 19.5 Å². The summed E-state index contributed by atoms with van der Waals surface area (Å²) in [5, 5.41) is 0. The van der Waals surface area contributed by atoms with Crippen LogP contribution in [0.15, 0.2) is 24.3 Å². The Morgan fingerprint density at radius 2 is 1.47 bits per heavy atom. The summed E-state index contributed by atoms with van der Waals surface area (Å²) in [6.45, 7) is 3.09. The molecule has 3 heteroatoms. The van der Waals surface area contributed by atoms with E-state index in [2.05, 4.69) is 6.92 Å². The lowest BCUT2D eigenvalue weighted by molar-refractivity contribution is -0.109. The highest BCUT2D eigenvalue weighted by Crippen LogP contribution is 2.17. The fourth-order valence-electron chi connectivity index (χ4n) is 1.83. The smallest absolute Gasteiger partial charge is 0.157 e. The second kappa shape index (κ2) is 10.4. The van der Waals surface area contributed by atoms with Crippen molar-refractivity contribution in [3.8, 4) is 11.5 Å². The number of carbonyl (C=O) groups is 1. The van der Waals surface area contributed by atoms with Crippen molar-refractivity contribution in [1.82, 2.24) is 0 Å². The topological polar surface area (TPSA) is 35.5 Å². The van der Waals surface area contributed by atoms with Gasteiger partial charge >= 0.3 is 0 Å². The molecule has 0 aliphatic rings. The highest BCUT2D eigenvalue weighted by molar-refractivity contribution is 5.51. The molecular formula is C16H24O3. The zero-order valence-corrected chi connectivity index (χ0v) is 11.8. The molecule has 3 nitrogen and oxygen atoms in total. The molecule has 0 aromatic heterocycles. The number of aldehydes is 1. The van der Waals surface area contributed by atoms with Gasteiger partial charge in [-0.1, -0.05) is 39.0 Å². The van der Waals surface area contributed by atoms with Crippen molar-refractivity contribution in [3.63, 3.8) is 0 Å². The molecule has 0 heterocycles. The van der Waals surface area contributed by atoms with Crippen LogP contribution in [0.2, 0.25) is 0 Å². The van der Waals surface area contributed by atoms with E-state index >= 15 is 0 Å². The summed E-state index contributed by atoms with van der Waals surface area (Å²) in [7, 11) is 0. The first-order chi connectivity index (χ1) is 9.36. The Kier molecular flexibility index (Phi) is 8.52. The van der Waals surface area contributed by atoms with Gasteiger partial charge in [-0.25, -0.2) is 0 Å². The van der Waals surface area contributed by atoms with Gasteiger partial charge in [0, 0.05) is 0 Å². The minimum atomic E-state index is 0.0952. The van der Waals surface area contributed by atoms with Crippen molar-refractivity contribution < 1.29 is 14.3 Å². The molecule has 1 rings (SSSR count). The van der Waals surface area contributed by atoms with Crippen LogP contribution in [0.1, 0.15) is 45.4 Å². The molecular weight excluding hydrogens is 240 g/mol. The van der Waals surface area contributed by atoms with E-state index < -0.39 is 0 Å². The summed E-state index contributed by atoms with van der Waals surface area (Å²) in [6, 6.07) is 7.38. The van der Waals surface area contributed by atoms with Gasteiger partial charge in [-0.2, -0.15) is 0 Å². The van der Waals surface area contributed by atoms with Gasteiger partial charge in [0.05, 0.1) is 6.61 Å². The molecule has 0 unspecified atom stereocenters. The maximum absolute atomic E-state index is 10.2. The molecule has 0 aliphatic carbocycles. The van der Waals surface area contributed by atoms with Crippen molar-refractivity contribution in [2.45, 2.75) is 45.4 Å². The monoisotopic (exact) mass is 264 g/mol. The molecule has 0 aliphatic heterocycles. The molecule has 0 saturated heterocycles. The summed E-state index contributed by atoms with van der Waals surface area (Å²) in [4.78, 5) is 10.2. The molecule has 0 radical (unpaired) electrons. The number of carbonyl (C=O) groups excluding carboxylic acids is 1. The van der Waals surface area contributed by atoms with Crippen molar-refractivity contribution in [2.75, 3.05) is 13.2 Å². The van der Waals surface area contributed by atoms with Crippen LogP contribution in [0.4, 0.5) is 0 Å². The van der Waals surface area contributed by atoms with E-state index in [0.717, 1.165) is 25.1 Å². The molecule has 1 aromatic rings. The molecule has 0 atom stereocenters. The van der Waals surface area contributed by atoms with Gasteiger partial charge in [0.15, 0.2) is 6.29 Å². The van der Waals surface area contributed by atoms with E-state index in [0.29, 0.717) is 5.75 Å². The number of rotatable bonds is 11. The van der Waals surface area contributed by atoms with Crippen LogP contribution in [0, 0.1) is 0 Å². The van der Waals surface area contributed by atoms with E-state index in [-0.39, 0.29) is 6.61 Å². The second-order valence-electron chi connectivity index (χ2n) is 4.57. The van der Waals surface area contributed by atoms with Crippen molar-refractivity contribution in [3.05, 3.63) is 24.3 Å². The van der Waals surface area contributed by atoms with Crippen LogP contribution < -0.4 is 9.47 Å². The molecule has 1 aromatic carbocycles. The third kappa shape index (κ3) is 7.50. The summed E-state index contributed by atoms with van der Waals surface area (Å²) < 4.78 is 10.8. The van der Waals surface area contributed by atoms with E-state index in [4.69, 9.17) is 9.47 Å². The summed E-state index contributed by atoms with van der Waals surface area (Å²) in [6.07, 6.45) is 8.34. The fourth-order valence-corrected chi connectivity index (χ4v) is 1.83. The van der Waals surface area contributed by atoms with Crippen LogP contribution in [-0.2, 0) is 4.79 Å². The van der Waals surface area contributed by atoms with Crippen LogP contribution in [0.3, 0.4) is 0 Å². The highest BCUT2D eigenvalue weighted by Gasteiger charge is 1.96. The molecule has 0 fully saturated rings. The predicted molar refractivity (Wildman–Crippen MR) is 76.9 cm³/mol. The summed E-state index contributed by atoms with van der Waals surface area (Å²) >= 11 is 0. The minimum absolute atomic E-state index is 0.0952. The Labute approximate surface area is 115 Å². The quantitative estimate of drug-likeness (QED) is 0.447. The SMILES string of the molecule is CCCCCCCCOc1ccc(OCC=O)cc1. The van der Waals surface area contributed by atoms with Gasteiger partial charge in [-0.3, -0.25) is 4.79 Å². The van der Waals surface area contributed by atoms with Crippen LogP contribution >= 0.6 is 0 Å². The Morgan fingerprint density at radius 3 is 2.11 bits per heavy atom. The number of hydrogen-bond donors (Lipinski definition) is 0. The zero-order chi connectivity index (χ0) is 13.8. The van der Waals surface area contributed by atoms with Crippen LogP contribution in [0.25, 0.3) is 0 Å². The number of benzene rings is 1. The lowest BCUT2D eigenvalue weighted by atomic mass is 10.1. The maximum Gasteiger partial charge on any atom is 0.157 e. The Bertz CT molecular complexity index is 332. The third-order valence-corrected chi connectivity index (χ3v) is 2.91. The third-order valence-electron chi connectivity index (χ3n) is 2.91. The first kappa shape index (κ1) is 15.5. The van der Waals surface area contributed by atoms with Gasteiger partial charge in [0.2, 0.25) is 0 Å². The Hall–Kier alpha value is -1.51. The first-order valence-electron chi connectivity index (χ1n) is 7.16. The normalized spacial score (nSPS) is 10.2. The van der Waals surface area contributed by atoms with Gasteiger partial charge in [0.25, 0.3) is 0 Å². The Morgan fingerprint density at radius 1 is 0.895 bits per heavy atom. The minimum Gasteiger partial charge on any atom is -0.494 e. The summed E-state index contributed by atoms with van der Waals surface area (Å²) in [5.41, 5.74) is 0. The maximum atomic E-state index is 10.2. The summed E-state index contributed by atoms with van der Waals surface area (Å²) in [5.74, 6) is 1.55. The van der Waals surface area contributed by atoms with Gasteiger partial charge in [0.1, 0.15) is 18.1 Å². The first-order valence-corrected chi connectivity index (χ1v) is 7.16. The predicted octanol–water partition coefficient (Wildman–Crippen LogP) is 4.00. The number of ether oxygens (including phenoxy) is 2. The lowest BCUT2D eigenvalue weighted by Crippen LogP contribution is -1.99. The van der Waals surface area contributed by atoms with E-state index in [1.165, 1.54) is 32.1 Å². The number of unbranched alkanes of at least 4 members (excludes halogenated alkanes) is 5. The van der Waals surface area contributed by atoms with Gasteiger partial charge in [-0.15, -0.1) is 0 Å². The molecule has 0 amide bonds. The van der Waals surface area contributed by atoms with E-state index in [9.17, 15) is 4.79 Å². The number of hydrogen-bond acceptors (Lipinski definition) is 3. The standard InChI is InChI=1S/C16H24O3/c1-2-3-4-5-6-7-13-18-15-8-10-16(11-9-15)19-14-12-17/h8-12H,2-7,13-14H2,1H3. The zero-order valence-electron chi connectivity index (χ0n) is 11.8. The van der Waals surface area contributed by atoms with Gasteiger partial charge in [-0.05, 0) is 30.7 Å². The Balaban J connectivity index is 2.10. The molecule has 0 saturated carbocycles. The average Bonchev–Trinajstić information content (AvgIpc) is 2.45. The fraction of sp³-hybridized carbons (Fsp3) is 0.562. The van der Waals surface area contributed by atoms with Gasteiger partial charge < -0.3 is 9.47 Å². The molecule has 19 heavy (non-hydrogen) atoms. The van der Waals surface area contributed by atoms with Crippen molar-refractivity contribution >= 4 is 6.29 Å². The second-order valence-corrected chi connectivity index (χ2v) is 4.57. The molecule has 0 N–H and O–H groups in total. The van der Waals surface area contributed by atoms with E-state index in [1.54, 1.807) is 0 Å².